The first-order valence-electron chi connectivity index (χ1n) is 5.91. The lowest BCUT2D eigenvalue weighted by Crippen LogP contribution is -1.96. The highest BCUT2D eigenvalue weighted by molar-refractivity contribution is 5.90. The molecule has 0 unspecified atom stereocenters. The molecule has 0 saturated heterocycles. The van der Waals surface area contributed by atoms with Gasteiger partial charge in [-0.1, -0.05) is 36.4 Å². The van der Waals surface area contributed by atoms with Crippen LogP contribution in [0.1, 0.15) is 31.8 Å². The molecule has 4 nitrogen and oxygen atoms in total. The van der Waals surface area contributed by atoms with Gasteiger partial charge in [0, 0.05) is 0 Å². The summed E-state index contributed by atoms with van der Waals surface area (Å²) in [5.41, 5.74) is 1.91. The van der Waals surface area contributed by atoms with E-state index in [-0.39, 0.29) is 11.1 Å². The minimum atomic E-state index is -0.979. The van der Waals surface area contributed by atoms with Crippen LogP contribution in [0, 0.1) is 0 Å². The van der Waals surface area contributed by atoms with Crippen LogP contribution in [0.2, 0.25) is 0 Å². The monoisotopic (exact) mass is 268 g/mol. The van der Waals surface area contributed by atoms with Crippen LogP contribution in [0.4, 0.5) is 0 Å². The Kier molecular flexibility index (Phi) is 3.96. The summed E-state index contributed by atoms with van der Waals surface area (Å²) >= 11 is 0. The van der Waals surface area contributed by atoms with Crippen LogP contribution in [0.25, 0.3) is 12.2 Å². The maximum atomic E-state index is 10.9. The van der Waals surface area contributed by atoms with E-state index in [2.05, 4.69) is 0 Å². The molecule has 0 aromatic heterocycles. The predicted octanol–water partition coefficient (Wildman–Crippen LogP) is 3.25. The molecule has 0 aliphatic rings. The van der Waals surface area contributed by atoms with Gasteiger partial charge < -0.3 is 10.2 Å². The molecule has 0 aliphatic heterocycles. The molecule has 2 aromatic carbocycles. The van der Waals surface area contributed by atoms with E-state index in [1.165, 1.54) is 12.1 Å². The summed E-state index contributed by atoms with van der Waals surface area (Å²) in [6.45, 7) is 0. The fourth-order valence-corrected chi connectivity index (χ4v) is 1.74. The van der Waals surface area contributed by atoms with Crippen LogP contribution in [-0.2, 0) is 0 Å². The molecule has 0 heterocycles. The Bertz CT molecular complexity index is 627. The summed E-state index contributed by atoms with van der Waals surface area (Å²) in [5.74, 6) is -1.96. The largest absolute Gasteiger partial charge is 0.478 e. The van der Waals surface area contributed by atoms with E-state index >= 15 is 0 Å². The molecule has 4 heteroatoms. The van der Waals surface area contributed by atoms with Crippen LogP contribution in [0.15, 0.2) is 48.5 Å². The average Bonchev–Trinajstić information content (AvgIpc) is 2.45. The zero-order valence-corrected chi connectivity index (χ0v) is 10.5. The highest BCUT2D eigenvalue weighted by Crippen LogP contribution is 2.12. The first-order chi connectivity index (χ1) is 9.56. The highest BCUT2D eigenvalue weighted by atomic mass is 16.4. The molecular formula is C16H12O4. The topological polar surface area (TPSA) is 74.6 Å². The van der Waals surface area contributed by atoms with Crippen molar-refractivity contribution in [3.8, 4) is 0 Å². The Labute approximate surface area is 115 Å². The van der Waals surface area contributed by atoms with Crippen LogP contribution >= 0.6 is 0 Å². The van der Waals surface area contributed by atoms with Crippen molar-refractivity contribution in [1.29, 1.82) is 0 Å². The first-order valence-corrected chi connectivity index (χ1v) is 5.91. The Hall–Kier alpha value is -2.88. The van der Waals surface area contributed by atoms with Crippen molar-refractivity contribution in [2.45, 2.75) is 0 Å². The molecule has 2 rings (SSSR count). The summed E-state index contributed by atoms with van der Waals surface area (Å²) in [4.78, 5) is 21.7. The van der Waals surface area contributed by atoms with E-state index in [1.54, 1.807) is 48.6 Å². The maximum absolute atomic E-state index is 10.9. The molecule has 0 aliphatic carbocycles. The van der Waals surface area contributed by atoms with Gasteiger partial charge in [0.15, 0.2) is 0 Å². The van der Waals surface area contributed by atoms with E-state index in [0.717, 1.165) is 11.1 Å². The van der Waals surface area contributed by atoms with Gasteiger partial charge in [0.25, 0.3) is 0 Å². The summed E-state index contributed by atoms with van der Waals surface area (Å²) in [7, 11) is 0. The van der Waals surface area contributed by atoms with Gasteiger partial charge in [-0.05, 0) is 35.4 Å². The number of aromatic carboxylic acids is 2. The fourth-order valence-electron chi connectivity index (χ4n) is 1.74. The number of hydrogen-bond acceptors (Lipinski definition) is 2. The molecule has 0 bridgehead atoms. The molecular weight excluding hydrogens is 256 g/mol. The number of carboxylic acids is 2. The fraction of sp³-hybridized carbons (Fsp3) is 0. The van der Waals surface area contributed by atoms with Gasteiger partial charge in [-0.2, -0.15) is 0 Å². The van der Waals surface area contributed by atoms with Crippen molar-refractivity contribution in [1.82, 2.24) is 0 Å². The Morgan fingerprint density at radius 1 is 0.750 bits per heavy atom. The van der Waals surface area contributed by atoms with Gasteiger partial charge in [0.1, 0.15) is 0 Å². The van der Waals surface area contributed by atoms with Crippen LogP contribution in [0.5, 0.6) is 0 Å². The number of carboxylic acid groups (broad SMARTS) is 2. The van der Waals surface area contributed by atoms with Crippen molar-refractivity contribution in [2.75, 3.05) is 0 Å². The van der Waals surface area contributed by atoms with Gasteiger partial charge in [-0.3, -0.25) is 0 Å². The number of rotatable bonds is 4. The first kappa shape index (κ1) is 13.5. The second-order valence-electron chi connectivity index (χ2n) is 4.19. The van der Waals surface area contributed by atoms with Crippen LogP contribution in [0.3, 0.4) is 0 Å². The zero-order chi connectivity index (χ0) is 14.5. The molecule has 20 heavy (non-hydrogen) atoms. The molecule has 2 aromatic rings. The lowest BCUT2D eigenvalue weighted by molar-refractivity contribution is 0.0686. The van der Waals surface area contributed by atoms with Crippen molar-refractivity contribution in [3.05, 3.63) is 70.8 Å². The molecule has 0 fully saturated rings. The molecule has 2 N–H and O–H groups in total. The SMILES string of the molecule is O=C(O)c1cccc(/C=C\c2cccc(C(=O)O)c2)c1. The quantitative estimate of drug-likeness (QED) is 0.835. The lowest BCUT2D eigenvalue weighted by Gasteiger charge is -1.98. The average molecular weight is 268 g/mol. The van der Waals surface area contributed by atoms with Crippen molar-refractivity contribution in [3.63, 3.8) is 0 Å². The Morgan fingerprint density at radius 2 is 1.15 bits per heavy atom. The van der Waals surface area contributed by atoms with Gasteiger partial charge in [0.05, 0.1) is 11.1 Å². The minimum Gasteiger partial charge on any atom is -0.478 e. The van der Waals surface area contributed by atoms with Crippen molar-refractivity contribution in [2.24, 2.45) is 0 Å². The Morgan fingerprint density at radius 3 is 1.50 bits per heavy atom. The standard InChI is InChI=1S/C16H12O4/c17-15(18)13-5-1-3-11(9-13)7-8-12-4-2-6-14(10-12)16(19)20/h1-10H,(H,17,18)(H,19,20)/b8-7-. The Balaban J connectivity index is 2.25. The zero-order valence-electron chi connectivity index (χ0n) is 10.5. The molecule has 0 radical (unpaired) electrons. The lowest BCUT2D eigenvalue weighted by atomic mass is 10.1. The summed E-state index contributed by atoms with van der Waals surface area (Å²) in [6, 6.07) is 13.0. The molecule has 0 saturated carbocycles. The molecule has 100 valence electrons. The highest BCUT2D eigenvalue weighted by Gasteiger charge is 2.02. The van der Waals surface area contributed by atoms with Gasteiger partial charge in [-0.15, -0.1) is 0 Å². The smallest absolute Gasteiger partial charge is 0.335 e. The van der Waals surface area contributed by atoms with Crippen LogP contribution in [-0.4, -0.2) is 22.2 Å². The van der Waals surface area contributed by atoms with E-state index in [1.807, 2.05) is 0 Å². The second-order valence-corrected chi connectivity index (χ2v) is 4.19. The number of carbonyl (C=O) groups is 2. The second kappa shape index (κ2) is 5.84. The van der Waals surface area contributed by atoms with E-state index in [4.69, 9.17) is 10.2 Å². The van der Waals surface area contributed by atoms with E-state index < -0.39 is 11.9 Å². The van der Waals surface area contributed by atoms with E-state index in [9.17, 15) is 9.59 Å². The summed E-state index contributed by atoms with van der Waals surface area (Å²) in [6.07, 6.45) is 3.49. The van der Waals surface area contributed by atoms with Crippen molar-refractivity contribution < 1.29 is 19.8 Å². The minimum absolute atomic E-state index is 0.214. The van der Waals surface area contributed by atoms with Gasteiger partial charge >= 0.3 is 11.9 Å². The summed E-state index contributed by atoms with van der Waals surface area (Å²) in [5, 5.41) is 17.8. The van der Waals surface area contributed by atoms with Crippen molar-refractivity contribution >= 4 is 24.1 Å². The third kappa shape index (κ3) is 3.32. The maximum Gasteiger partial charge on any atom is 0.335 e. The number of hydrogen-bond donors (Lipinski definition) is 2. The normalized spacial score (nSPS) is 10.6. The predicted molar refractivity (Wildman–Crippen MR) is 75.7 cm³/mol. The van der Waals surface area contributed by atoms with E-state index in [0.29, 0.717) is 0 Å². The third-order valence-corrected chi connectivity index (χ3v) is 2.74. The van der Waals surface area contributed by atoms with Gasteiger partial charge in [0.2, 0.25) is 0 Å². The number of benzene rings is 2. The van der Waals surface area contributed by atoms with Crippen LogP contribution < -0.4 is 0 Å². The summed E-state index contributed by atoms with van der Waals surface area (Å²) < 4.78 is 0. The molecule has 0 spiro atoms. The molecule has 0 amide bonds. The molecule has 0 atom stereocenters. The van der Waals surface area contributed by atoms with Gasteiger partial charge in [-0.25, -0.2) is 9.59 Å². The third-order valence-electron chi connectivity index (χ3n) is 2.74.